The Kier molecular flexibility index (Phi) is 3.98. The van der Waals surface area contributed by atoms with Crippen LogP contribution in [0, 0.1) is 11.8 Å². The molecule has 138 valence electrons. The van der Waals surface area contributed by atoms with Crippen LogP contribution in [0.1, 0.15) is 48.4 Å². The quantitative estimate of drug-likeness (QED) is 0.703. The van der Waals surface area contributed by atoms with Gasteiger partial charge in [-0.05, 0) is 49.7 Å². The summed E-state index contributed by atoms with van der Waals surface area (Å²) in [7, 11) is 0. The number of aliphatic hydroxyl groups excluding tert-OH is 1. The minimum absolute atomic E-state index is 0.0438. The molecule has 0 aromatic carbocycles. The third kappa shape index (κ3) is 3.12. The molecule has 0 bridgehead atoms. The fourth-order valence-corrected chi connectivity index (χ4v) is 4.44. The number of hydrogen-bond acceptors (Lipinski definition) is 3. The molecule has 2 aromatic heterocycles. The van der Waals surface area contributed by atoms with E-state index in [0.717, 1.165) is 37.3 Å². The number of aromatic nitrogens is 2. The molecule has 2 unspecified atom stereocenters. The lowest BCUT2D eigenvalue weighted by Crippen LogP contribution is -3.09. The van der Waals surface area contributed by atoms with Crippen molar-refractivity contribution in [1.82, 2.24) is 14.7 Å². The first-order valence-corrected chi connectivity index (χ1v) is 9.97. The predicted molar refractivity (Wildman–Crippen MR) is 96.9 cm³/mol. The van der Waals surface area contributed by atoms with Crippen LogP contribution in [0.15, 0.2) is 24.4 Å². The number of nitrogens with zero attached hydrogens (tertiary/aromatic N) is 2. The van der Waals surface area contributed by atoms with Gasteiger partial charge in [0.25, 0.3) is 5.91 Å². The Morgan fingerprint density at radius 1 is 1.27 bits per heavy atom. The average molecular weight is 355 g/mol. The van der Waals surface area contributed by atoms with E-state index < -0.39 is 0 Å². The second kappa shape index (κ2) is 6.35. The van der Waals surface area contributed by atoms with Crippen molar-refractivity contribution in [2.24, 2.45) is 11.8 Å². The van der Waals surface area contributed by atoms with Crippen molar-refractivity contribution in [2.45, 2.75) is 50.8 Å². The highest BCUT2D eigenvalue weighted by atomic mass is 16.3. The minimum atomic E-state index is -0.209. The van der Waals surface area contributed by atoms with Gasteiger partial charge in [0.15, 0.2) is 0 Å². The monoisotopic (exact) mass is 355 g/mol. The maximum Gasteiger partial charge on any atom is 0.287 e. The summed E-state index contributed by atoms with van der Waals surface area (Å²) in [6, 6.07) is 6.31. The molecule has 5 rings (SSSR count). The molecule has 1 amide bonds. The fourth-order valence-electron chi connectivity index (χ4n) is 4.44. The summed E-state index contributed by atoms with van der Waals surface area (Å²) >= 11 is 0. The highest BCUT2D eigenvalue weighted by Gasteiger charge is 2.42. The van der Waals surface area contributed by atoms with Crippen LogP contribution in [0.4, 0.5) is 0 Å². The smallest absolute Gasteiger partial charge is 0.287 e. The second-order valence-corrected chi connectivity index (χ2v) is 8.34. The summed E-state index contributed by atoms with van der Waals surface area (Å²) in [6.45, 7) is 2.48. The summed E-state index contributed by atoms with van der Waals surface area (Å²) in [4.78, 5) is 19.1. The van der Waals surface area contributed by atoms with Crippen LogP contribution in [-0.4, -0.2) is 45.6 Å². The van der Waals surface area contributed by atoms with Gasteiger partial charge in [0.1, 0.15) is 24.9 Å². The van der Waals surface area contributed by atoms with Gasteiger partial charge in [0, 0.05) is 18.7 Å². The third-order valence-electron chi connectivity index (χ3n) is 6.16. The Hall–Kier alpha value is -1.92. The summed E-state index contributed by atoms with van der Waals surface area (Å²) < 4.78 is 1.92. The number of quaternary nitrogens is 1. The van der Waals surface area contributed by atoms with E-state index in [0.29, 0.717) is 23.7 Å². The van der Waals surface area contributed by atoms with Gasteiger partial charge < -0.3 is 15.3 Å². The van der Waals surface area contributed by atoms with E-state index in [4.69, 9.17) is 4.98 Å². The molecule has 2 aliphatic carbocycles. The van der Waals surface area contributed by atoms with Crippen molar-refractivity contribution in [3.05, 3.63) is 35.9 Å². The van der Waals surface area contributed by atoms with Crippen LogP contribution in [0.3, 0.4) is 0 Å². The normalized spacial score (nSPS) is 25.9. The predicted octanol–water partition coefficient (Wildman–Crippen LogP) is 0.402. The number of rotatable bonds is 6. The first-order chi connectivity index (χ1) is 12.7. The van der Waals surface area contributed by atoms with Gasteiger partial charge in [-0.1, -0.05) is 6.07 Å². The van der Waals surface area contributed by atoms with Gasteiger partial charge >= 0.3 is 0 Å². The molecule has 3 fully saturated rings. The highest BCUT2D eigenvalue weighted by molar-refractivity contribution is 5.92. The zero-order valence-electron chi connectivity index (χ0n) is 15.0. The lowest BCUT2D eigenvalue weighted by atomic mass is 10.1. The Bertz CT molecular complexity index is 812. The number of carbonyl (C=O) groups is 1. The molecule has 3 aliphatic rings. The van der Waals surface area contributed by atoms with Crippen molar-refractivity contribution >= 4 is 11.4 Å². The molecule has 6 nitrogen and oxygen atoms in total. The van der Waals surface area contributed by atoms with E-state index >= 15 is 0 Å². The Balaban J connectivity index is 1.40. The van der Waals surface area contributed by atoms with E-state index in [1.165, 1.54) is 30.6 Å². The number of aliphatic hydroxyl groups is 1. The largest absolute Gasteiger partial charge is 0.387 e. The van der Waals surface area contributed by atoms with Gasteiger partial charge in [-0.15, -0.1) is 0 Å². The molecular weight excluding hydrogens is 328 g/mol. The zero-order valence-corrected chi connectivity index (χ0v) is 15.0. The lowest BCUT2D eigenvalue weighted by Gasteiger charge is -2.17. The minimum Gasteiger partial charge on any atom is -0.387 e. The molecule has 6 heteroatoms. The van der Waals surface area contributed by atoms with Gasteiger partial charge in [-0.3, -0.25) is 9.20 Å². The molecule has 3 heterocycles. The van der Waals surface area contributed by atoms with Crippen LogP contribution in [0.5, 0.6) is 0 Å². The molecule has 2 atom stereocenters. The van der Waals surface area contributed by atoms with Gasteiger partial charge in [-0.2, -0.15) is 0 Å². The third-order valence-corrected chi connectivity index (χ3v) is 6.16. The van der Waals surface area contributed by atoms with Crippen molar-refractivity contribution in [1.29, 1.82) is 0 Å². The standard InChI is InChI=1S/C20H26N4O2/c25-15-8-10-23(11-15)12-16-17-3-1-2-9-24(17)19(21-16)20(26)22-18(13-4-5-13)14-6-7-14/h1-3,9,13-15,18,25H,4-8,10-12H2,(H,22,26)/p+1. The van der Waals surface area contributed by atoms with Crippen LogP contribution in [0.2, 0.25) is 0 Å². The molecule has 1 aliphatic heterocycles. The lowest BCUT2D eigenvalue weighted by molar-refractivity contribution is -0.902. The van der Waals surface area contributed by atoms with Crippen LogP contribution in [0.25, 0.3) is 5.52 Å². The highest BCUT2D eigenvalue weighted by Crippen LogP contribution is 2.44. The number of fused-ring (bicyclic) bond motifs is 1. The molecule has 3 N–H and O–H groups in total. The Morgan fingerprint density at radius 2 is 2.04 bits per heavy atom. The van der Waals surface area contributed by atoms with Crippen molar-refractivity contribution in [2.75, 3.05) is 13.1 Å². The SMILES string of the molecule is O=C(NC(C1CC1)C1CC1)c1nc(C[NH+]2CCC(O)C2)c2ccccn12. The van der Waals surface area contributed by atoms with Crippen molar-refractivity contribution < 1.29 is 14.8 Å². The molecule has 26 heavy (non-hydrogen) atoms. The zero-order chi connectivity index (χ0) is 17.7. The number of carbonyl (C=O) groups excluding carboxylic acids is 1. The number of imidazole rings is 1. The second-order valence-electron chi connectivity index (χ2n) is 8.34. The van der Waals surface area contributed by atoms with E-state index in [9.17, 15) is 9.90 Å². The molecule has 2 aromatic rings. The summed E-state index contributed by atoms with van der Waals surface area (Å²) in [5, 5.41) is 13.1. The number of likely N-dealkylation sites (tertiary alicyclic amines) is 1. The average Bonchev–Trinajstić information content (AvgIpc) is 3.56. The first kappa shape index (κ1) is 16.3. The number of pyridine rings is 1. The topological polar surface area (TPSA) is 71.1 Å². The van der Waals surface area contributed by atoms with E-state index in [1.54, 1.807) is 0 Å². The molecule has 1 saturated heterocycles. The maximum atomic E-state index is 13.0. The van der Waals surface area contributed by atoms with Crippen LogP contribution in [-0.2, 0) is 6.54 Å². The summed E-state index contributed by atoms with van der Waals surface area (Å²) in [5.74, 6) is 1.80. The van der Waals surface area contributed by atoms with Gasteiger partial charge in [0.05, 0.1) is 12.1 Å². The van der Waals surface area contributed by atoms with Crippen LogP contribution >= 0.6 is 0 Å². The van der Waals surface area contributed by atoms with E-state index in [2.05, 4.69) is 5.32 Å². The van der Waals surface area contributed by atoms with Gasteiger partial charge in [-0.25, -0.2) is 4.98 Å². The summed E-state index contributed by atoms with van der Waals surface area (Å²) in [6.07, 6.45) is 7.55. The van der Waals surface area contributed by atoms with Crippen LogP contribution < -0.4 is 10.2 Å². The number of hydrogen-bond donors (Lipinski definition) is 3. The molecular formula is C20H27N4O2+. The number of nitrogens with one attached hydrogen (secondary N) is 2. The first-order valence-electron chi connectivity index (χ1n) is 9.97. The summed E-state index contributed by atoms with van der Waals surface area (Å²) in [5.41, 5.74) is 1.95. The van der Waals surface area contributed by atoms with Crippen molar-refractivity contribution in [3.8, 4) is 0 Å². The van der Waals surface area contributed by atoms with E-state index in [-0.39, 0.29) is 12.0 Å². The molecule has 2 saturated carbocycles. The van der Waals surface area contributed by atoms with Gasteiger partial charge in [0.2, 0.25) is 5.82 Å². The van der Waals surface area contributed by atoms with E-state index in [1.807, 2.05) is 28.8 Å². The Morgan fingerprint density at radius 3 is 2.69 bits per heavy atom. The van der Waals surface area contributed by atoms with Crippen molar-refractivity contribution in [3.63, 3.8) is 0 Å². The Labute approximate surface area is 153 Å². The number of amides is 1. The molecule has 0 radical (unpaired) electrons. The molecule has 0 spiro atoms. The fraction of sp³-hybridized carbons (Fsp3) is 0.600. The maximum absolute atomic E-state index is 13.0.